The molecule has 0 radical (unpaired) electrons. The van der Waals surface area contributed by atoms with E-state index < -0.39 is 10.0 Å². The van der Waals surface area contributed by atoms with E-state index in [9.17, 15) is 13.2 Å². The zero-order valence-electron chi connectivity index (χ0n) is 18.2. The molecule has 5 rings (SSSR count). The van der Waals surface area contributed by atoms with Gasteiger partial charge in [0.25, 0.3) is 5.91 Å². The number of halogens is 1. The molecule has 2 aromatic carbocycles. The van der Waals surface area contributed by atoms with Crippen molar-refractivity contribution in [3.8, 4) is 0 Å². The van der Waals surface area contributed by atoms with Gasteiger partial charge in [-0.25, -0.2) is 8.42 Å². The van der Waals surface area contributed by atoms with Gasteiger partial charge in [-0.3, -0.25) is 4.79 Å². The van der Waals surface area contributed by atoms with E-state index in [1.807, 2.05) is 17.0 Å². The Balaban J connectivity index is 1.48. The summed E-state index contributed by atoms with van der Waals surface area (Å²) in [5.41, 5.74) is 2.65. The number of piperidine rings is 1. The van der Waals surface area contributed by atoms with Gasteiger partial charge < -0.3 is 4.90 Å². The van der Waals surface area contributed by atoms with Crippen LogP contribution in [0.1, 0.15) is 67.3 Å². The zero-order chi connectivity index (χ0) is 22.3. The first kappa shape index (κ1) is 22.1. The summed E-state index contributed by atoms with van der Waals surface area (Å²) in [6.45, 7) is 1.77. The quantitative estimate of drug-likeness (QED) is 0.542. The van der Waals surface area contributed by atoms with Gasteiger partial charge in [-0.1, -0.05) is 47.7 Å². The van der Waals surface area contributed by atoms with Crippen molar-refractivity contribution < 1.29 is 13.2 Å². The van der Waals surface area contributed by atoms with Gasteiger partial charge in [0, 0.05) is 40.8 Å². The molecule has 0 N–H and O–H groups in total. The summed E-state index contributed by atoms with van der Waals surface area (Å²) in [4.78, 5) is 15.8. The molecule has 0 unspecified atom stereocenters. The van der Waals surface area contributed by atoms with Gasteiger partial charge >= 0.3 is 0 Å². The van der Waals surface area contributed by atoms with Crippen molar-refractivity contribution in [1.82, 2.24) is 4.31 Å². The van der Waals surface area contributed by atoms with Crippen molar-refractivity contribution in [3.05, 3.63) is 58.1 Å². The monoisotopic (exact) mass is 516 g/mol. The first-order valence-corrected chi connectivity index (χ1v) is 13.9. The highest BCUT2D eigenvalue weighted by Gasteiger charge is 2.45. The number of anilines is 1. The number of fused-ring (bicyclic) bond motifs is 2. The first-order valence-electron chi connectivity index (χ1n) is 11.6. The zero-order valence-corrected chi connectivity index (χ0v) is 20.6. The summed E-state index contributed by atoms with van der Waals surface area (Å²) >= 11 is 3.61. The topological polar surface area (TPSA) is 57.7 Å². The van der Waals surface area contributed by atoms with Gasteiger partial charge in [-0.05, 0) is 67.6 Å². The summed E-state index contributed by atoms with van der Waals surface area (Å²) in [7, 11) is -3.58. The molecule has 1 spiro atoms. The van der Waals surface area contributed by atoms with Gasteiger partial charge in [0.1, 0.15) is 0 Å². The van der Waals surface area contributed by atoms with Gasteiger partial charge in [-0.2, -0.15) is 4.31 Å². The molecule has 0 aromatic heterocycles. The van der Waals surface area contributed by atoms with Crippen LogP contribution >= 0.6 is 15.9 Å². The van der Waals surface area contributed by atoms with Crippen LogP contribution in [0, 0.1) is 0 Å². The third-order valence-electron chi connectivity index (χ3n) is 7.37. The summed E-state index contributed by atoms with van der Waals surface area (Å²) in [6.07, 6.45) is 8.62. The van der Waals surface area contributed by atoms with Crippen molar-refractivity contribution in [2.75, 3.05) is 24.5 Å². The smallest absolute Gasteiger partial charge is 0.258 e. The van der Waals surface area contributed by atoms with Crippen LogP contribution in [-0.4, -0.2) is 38.3 Å². The molecule has 170 valence electrons. The molecule has 0 bridgehead atoms. The van der Waals surface area contributed by atoms with Crippen molar-refractivity contribution in [2.45, 2.75) is 61.7 Å². The number of benzene rings is 2. The van der Waals surface area contributed by atoms with Crippen LogP contribution in [0.5, 0.6) is 0 Å². The molecule has 2 heterocycles. The molecule has 5 nitrogen and oxygen atoms in total. The van der Waals surface area contributed by atoms with Gasteiger partial charge in [0.2, 0.25) is 10.0 Å². The average molecular weight is 517 g/mol. The van der Waals surface area contributed by atoms with E-state index in [1.54, 1.807) is 28.6 Å². The second-order valence-electron chi connectivity index (χ2n) is 9.39. The van der Waals surface area contributed by atoms with Crippen LogP contribution in [0.4, 0.5) is 5.69 Å². The molecule has 3 aliphatic rings. The highest BCUT2D eigenvalue weighted by Crippen LogP contribution is 2.50. The molecule has 1 aliphatic carbocycles. The Kier molecular flexibility index (Phi) is 5.93. The summed E-state index contributed by atoms with van der Waals surface area (Å²) in [5, 5.41) is 0. The molecule has 2 fully saturated rings. The molecule has 2 aliphatic heterocycles. The molecule has 1 amide bonds. The Morgan fingerprint density at radius 3 is 2.38 bits per heavy atom. The van der Waals surface area contributed by atoms with Crippen molar-refractivity contribution in [3.63, 3.8) is 0 Å². The largest absolute Gasteiger partial charge is 0.307 e. The van der Waals surface area contributed by atoms with Gasteiger partial charge in [-0.15, -0.1) is 0 Å². The second-order valence-corrected chi connectivity index (χ2v) is 12.2. The molecular formula is C25H29BrN2O3S. The number of carbonyl (C=O) groups is 1. The minimum atomic E-state index is -3.58. The van der Waals surface area contributed by atoms with Crippen molar-refractivity contribution in [2.24, 2.45) is 0 Å². The van der Waals surface area contributed by atoms with E-state index in [4.69, 9.17) is 0 Å². The number of carbonyl (C=O) groups excluding carboxylic acids is 1. The van der Waals surface area contributed by atoms with E-state index in [0.29, 0.717) is 25.2 Å². The Bertz CT molecular complexity index is 1140. The maximum atomic E-state index is 13.7. The predicted octanol–water partition coefficient (Wildman–Crippen LogP) is 5.49. The lowest BCUT2D eigenvalue weighted by molar-refractivity contribution is 0.0982. The fraction of sp³-hybridized carbons (Fsp3) is 0.480. The lowest BCUT2D eigenvalue weighted by Gasteiger charge is -2.34. The van der Waals surface area contributed by atoms with Crippen LogP contribution in [0.2, 0.25) is 0 Å². The van der Waals surface area contributed by atoms with Crippen molar-refractivity contribution >= 4 is 37.5 Å². The molecule has 1 saturated carbocycles. The maximum Gasteiger partial charge on any atom is 0.258 e. The highest BCUT2D eigenvalue weighted by atomic mass is 79.9. The molecule has 1 saturated heterocycles. The minimum Gasteiger partial charge on any atom is -0.307 e. The predicted molar refractivity (Wildman–Crippen MR) is 130 cm³/mol. The van der Waals surface area contributed by atoms with Crippen LogP contribution < -0.4 is 4.90 Å². The normalized spacial score (nSPS) is 21.0. The van der Waals surface area contributed by atoms with E-state index in [2.05, 4.69) is 22.0 Å². The summed E-state index contributed by atoms with van der Waals surface area (Å²) < 4.78 is 28.9. The third-order valence-corrected chi connectivity index (χ3v) is 9.76. The number of nitrogens with zero attached hydrogens (tertiary/aromatic N) is 2. The SMILES string of the molecule is O=C(c1cccc(S(=O)(=O)N2CCCCC2)c1)N1CC2(CCCCC2)c2cc(Br)ccc21. The number of hydrogen-bond donors (Lipinski definition) is 0. The molecule has 0 atom stereocenters. The van der Waals surface area contributed by atoms with Crippen molar-refractivity contribution in [1.29, 1.82) is 0 Å². The highest BCUT2D eigenvalue weighted by molar-refractivity contribution is 9.10. The minimum absolute atomic E-state index is 0.00448. The Hall–Kier alpha value is -1.70. The fourth-order valence-electron chi connectivity index (χ4n) is 5.68. The average Bonchev–Trinajstić information content (AvgIpc) is 3.12. The van der Waals surface area contributed by atoms with E-state index in [0.717, 1.165) is 42.3 Å². The lowest BCUT2D eigenvalue weighted by atomic mass is 9.71. The van der Waals surface area contributed by atoms with E-state index in [-0.39, 0.29) is 16.2 Å². The third kappa shape index (κ3) is 3.82. The molecule has 2 aromatic rings. The summed E-state index contributed by atoms with van der Waals surface area (Å²) in [5.74, 6) is -0.119. The van der Waals surface area contributed by atoms with E-state index in [1.165, 1.54) is 24.8 Å². The number of rotatable bonds is 3. The number of sulfonamides is 1. The molecule has 32 heavy (non-hydrogen) atoms. The standard InChI is InChI=1S/C25H29BrN2O3S/c26-20-10-11-23-22(17-20)25(12-3-1-4-13-25)18-28(23)24(29)19-8-7-9-21(16-19)32(30,31)27-14-5-2-6-15-27/h7-11,16-17H,1-6,12-15,18H2. The van der Waals surface area contributed by atoms with Crippen LogP contribution in [0.3, 0.4) is 0 Å². The number of hydrogen-bond acceptors (Lipinski definition) is 3. The summed E-state index contributed by atoms with van der Waals surface area (Å²) in [6, 6.07) is 12.8. The van der Waals surface area contributed by atoms with Crippen LogP contribution in [0.25, 0.3) is 0 Å². The fourth-order valence-corrected chi connectivity index (χ4v) is 7.60. The molecule has 7 heteroatoms. The molecular weight excluding hydrogens is 488 g/mol. The maximum absolute atomic E-state index is 13.7. The van der Waals surface area contributed by atoms with Gasteiger partial charge in [0.15, 0.2) is 0 Å². The second kappa shape index (κ2) is 8.58. The first-order chi connectivity index (χ1) is 15.4. The number of amides is 1. The van der Waals surface area contributed by atoms with Gasteiger partial charge in [0.05, 0.1) is 4.90 Å². The Morgan fingerprint density at radius 1 is 0.906 bits per heavy atom. The van der Waals surface area contributed by atoms with E-state index >= 15 is 0 Å². The van der Waals surface area contributed by atoms with Crippen LogP contribution in [0.15, 0.2) is 51.8 Å². The Labute approximate surface area is 199 Å². The lowest BCUT2D eigenvalue weighted by Crippen LogP contribution is -2.38. The Morgan fingerprint density at radius 2 is 1.62 bits per heavy atom. The van der Waals surface area contributed by atoms with Crippen LogP contribution in [-0.2, 0) is 15.4 Å².